The zero-order valence-electron chi connectivity index (χ0n) is 13.4. The maximum absolute atomic E-state index is 14.1. The zero-order valence-corrected chi connectivity index (χ0v) is 13.4. The molecule has 3 aromatic rings. The molecule has 1 fully saturated rings. The molecule has 4 rings (SSSR count). The van der Waals surface area contributed by atoms with Gasteiger partial charge in [0.25, 0.3) is 11.5 Å². The molecule has 1 atom stereocenters. The second kappa shape index (κ2) is 6.08. The van der Waals surface area contributed by atoms with E-state index < -0.39 is 11.4 Å². The van der Waals surface area contributed by atoms with Gasteiger partial charge in [0.15, 0.2) is 0 Å². The molecule has 0 bridgehead atoms. The highest BCUT2D eigenvalue weighted by atomic mass is 19.1. The van der Waals surface area contributed by atoms with Crippen LogP contribution in [0, 0.1) is 5.82 Å². The number of carbonyl (C=O) groups is 1. The van der Waals surface area contributed by atoms with Crippen LogP contribution >= 0.6 is 0 Å². The summed E-state index contributed by atoms with van der Waals surface area (Å²) in [5, 5.41) is 2.51. The number of hydrogen-bond donors (Lipinski definition) is 1. The number of benzene rings is 1. The van der Waals surface area contributed by atoms with E-state index in [0.717, 1.165) is 6.42 Å². The second-order valence-electron chi connectivity index (χ2n) is 6.12. The van der Waals surface area contributed by atoms with Gasteiger partial charge in [0, 0.05) is 31.5 Å². The fraction of sp³-hybridized carbons (Fsp3) is 0.222. The maximum Gasteiger partial charge on any atom is 0.272 e. The first-order chi connectivity index (χ1) is 12.1. The van der Waals surface area contributed by atoms with E-state index >= 15 is 0 Å². The molecule has 0 aliphatic carbocycles. The van der Waals surface area contributed by atoms with Crippen LogP contribution < -0.4 is 5.56 Å². The van der Waals surface area contributed by atoms with E-state index in [1.807, 2.05) is 24.5 Å². The summed E-state index contributed by atoms with van der Waals surface area (Å²) in [6.07, 6.45) is 4.79. The van der Waals surface area contributed by atoms with Crippen LogP contribution in [0.4, 0.5) is 4.39 Å². The summed E-state index contributed by atoms with van der Waals surface area (Å²) in [6.45, 7) is 1.16. The van der Waals surface area contributed by atoms with E-state index in [2.05, 4.69) is 9.67 Å². The van der Waals surface area contributed by atoms with Gasteiger partial charge in [-0.25, -0.2) is 9.07 Å². The van der Waals surface area contributed by atoms with Crippen LogP contribution in [0.1, 0.15) is 23.0 Å². The van der Waals surface area contributed by atoms with Gasteiger partial charge in [0.2, 0.25) is 0 Å². The molecule has 128 valence electrons. The summed E-state index contributed by atoms with van der Waals surface area (Å²) >= 11 is 0. The third-order valence-corrected chi connectivity index (χ3v) is 4.54. The Hall–Kier alpha value is -3.09. The average Bonchev–Trinajstić information content (AvgIpc) is 3.34. The van der Waals surface area contributed by atoms with Crippen molar-refractivity contribution in [2.45, 2.75) is 12.5 Å². The van der Waals surface area contributed by atoms with Gasteiger partial charge < -0.3 is 9.47 Å². The standard InChI is InChI=1S/C18H17FN4O2/c19-14-5-1-2-6-15(14)23-16(11-17(24)20-23)18(25)22-10-7-13(12-22)21-8-3-4-9-21/h1-6,8-9,11,13H,7,10,12H2,(H,20,24). The van der Waals surface area contributed by atoms with Crippen molar-refractivity contribution < 1.29 is 9.18 Å². The Morgan fingerprint density at radius 1 is 1.16 bits per heavy atom. The van der Waals surface area contributed by atoms with Gasteiger partial charge in [-0.3, -0.25) is 14.7 Å². The van der Waals surface area contributed by atoms with E-state index in [-0.39, 0.29) is 23.3 Å². The third-order valence-electron chi connectivity index (χ3n) is 4.54. The summed E-state index contributed by atoms with van der Waals surface area (Å²) in [6, 6.07) is 11.4. The molecule has 7 heteroatoms. The molecule has 0 spiro atoms. The summed E-state index contributed by atoms with van der Waals surface area (Å²) < 4.78 is 17.4. The van der Waals surface area contributed by atoms with Crippen molar-refractivity contribution in [2.75, 3.05) is 13.1 Å². The minimum absolute atomic E-state index is 0.142. The summed E-state index contributed by atoms with van der Waals surface area (Å²) in [5.74, 6) is -0.786. The molecular formula is C18H17FN4O2. The lowest BCUT2D eigenvalue weighted by Gasteiger charge is -2.18. The van der Waals surface area contributed by atoms with Crippen molar-refractivity contribution in [1.29, 1.82) is 0 Å². The first kappa shape index (κ1) is 15.4. The number of hydrogen-bond acceptors (Lipinski definition) is 2. The van der Waals surface area contributed by atoms with E-state index in [0.29, 0.717) is 13.1 Å². The van der Waals surface area contributed by atoms with Gasteiger partial charge in [-0.15, -0.1) is 0 Å². The van der Waals surface area contributed by atoms with Crippen molar-refractivity contribution in [3.8, 4) is 5.69 Å². The lowest BCUT2D eigenvalue weighted by Crippen LogP contribution is -2.30. The van der Waals surface area contributed by atoms with E-state index in [1.54, 1.807) is 17.0 Å². The van der Waals surface area contributed by atoms with Gasteiger partial charge in [0.1, 0.15) is 11.5 Å². The summed E-state index contributed by atoms with van der Waals surface area (Å²) in [4.78, 5) is 26.4. The summed E-state index contributed by atoms with van der Waals surface area (Å²) in [5.41, 5.74) is -0.148. The monoisotopic (exact) mass is 340 g/mol. The Balaban J connectivity index is 1.64. The van der Waals surface area contributed by atoms with Gasteiger partial charge in [-0.1, -0.05) is 12.1 Å². The van der Waals surface area contributed by atoms with E-state index in [9.17, 15) is 14.0 Å². The maximum atomic E-state index is 14.1. The smallest absolute Gasteiger partial charge is 0.272 e. The minimum atomic E-state index is -0.505. The number of halogens is 1. The number of nitrogens with zero attached hydrogens (tertiary/aromatic N) is 3. The Morgan fingerprint density at radius 2 is 1.92 bits per heavy atom. The summed E-state index contributed by atoms with van der Waals surface area (Å²) in [7, 11) is 0. The van der Waals surface area contributed by atoms with Crippen LogP contribution in [0.15, 0.2) is 59.7 Å². The largest absolute Gasteiger partial charge is 0.349 e. The van der Waals surface area contributed by atoms with Crippen LogP contribution in [0.3, 0.4) is 0 Å². The number of H-pyrrole nitrogens is 1. The van der Waals surface area contributed by atoms with Crippen molar-refractivity contribution in [1.82, 2.24) is 19.2 Å². The van der Waals surface area contributed by atoms with Crippen molar-refractivity contribution in [2.24, 2.45) is 0 Å². The topological polar surface area (TPSA) is 63.0 Å². The molecule has 1 saturated heterocycles. The fourth-order valence-electron chi connectivity index (χ4n) is 3.29. The highest BCUT2D eigenvalue weighted by molar-refractivity contribution is 5.93. The van der Waals surface area contributed by atoms with Gasteiger partial charge >= 0.3 is 0 Å². The molecule has 25 heavy (non-hydrogen) atoms. The predicted molar refractivity (Wildman–Crippen MR) is 90.3 cm³/mol. The zero-order chi connectivity index (χ0) is 17.4. The molecule has 2 aromatic heterocycles. The lowest BCUT2D eigenvalue weighted by molar-refractivity contribution is 0.0778. The number of likely N-dealkylation sites (tertiary alicyclic amines) is 1. The highest BCUT2D eigenvalue weighted by Gasteiger charge is 2.30. The second-order valence-corrected chi connectivity index (χ2v) is 6.12. The molecular weight excluding hydrogens is 323 g/mol. The SMILES string of the molecule is O=C(c1cc(=O)[nH]n1-c1ccccc1F)N1CCC(n2cccc2)C1. The van der Waals surface area contributed by atoms with E-state index in [1.165, 1.54) is 22.9 Å². The number of para-hydroxylation sites is 1. The first-order valence-corrected chi connectivity index (χ1v) is 8.12. The van der Waals surface area contributed by atoms with Crippen LogP contribution in [-0.2, 0) is 0 Å². The molecule has 0 radical (unpaired) electrons. The normalized spacial score (nSPS) is 17.2. The molecule has 1 N–H and O–H groups in total. The molecule has 3 heterocycles. The van der Waals surface area contributed by atoms with E-state index in [4.69, 9.17) is 0 Å². The number of amides is 1. The third kappa shape index (κ3) is 2.77. The van der Waals surface area contributed by atoms with Crippen LogP contribution in [-0.4, -0.2) is 38.2 Å². The van der Waals surface area contributed by atoms with Crippen molar-refractivity contribution >= 4 is 5.91 Å². The highest BCUT2D eigenvalue weighted by Crippen LogP contribution is 2.24. The molecule has 0 saturated carbocycles. The fourth-order valence-corrected chi connectivity index (χ4v) is 3.29. The van der Waals surface area contributed by atoms with Gasteiger partial charge in [-0.05, 0) is 30.7 Å². The van der Waals surface area contributed by atoms with Crippen molar-refractivity contribution in [3.05, 3.63) is 76.7 Å². The van der Waals surface area contributed by atoms with Crippen LogP contribution in [0.25, 0.3) is 5.69 Å². The number of nitrogens with one attached hydrogen (secondary N) is 1. The van der Waals surface area contributed by atoms with Gasteiger partial charge in [0.05, 0.1) is 11.7 Å². The Morgan fingerprint density at radius 3 is 2.68 bits per heavy atom. The van der Waals surface area contributed by atoms with Crippen LogP contribution in [0.2, 0.25) is 0 Å². The van der Waals surface area contributed by atoms with Gasteiger partial charge in [-0.2, -0.15) is 0 Å². The Kier molecular flexibility index (Phi) is 3.76. The predicted octanol–water partition coefficient (Wildman–Crippen LogP) is 2.19. The number of aromatic nitrogens is 3. The molecule has 6 nitrogen and oxygen atoms in total. The average molecular weight is 340 g/mol. The Bertz CT molecular complexity index is 958. The molecule has 1 aromatic carbocycles. The van der Waals surface area contributed by atoms with Crippen molar-refractivity contribution in [3.63, 3.8) is 0 Å². The molecule has 1 aliphatic heterocycles. The number of rotatable bonds is 3. The quantitative estimate of drug-likeness (QED) is 0.794. The Labute approximate surface area is 143 Å². The lowest BCUT2D eigenvalue weighted by atomic mass is 10.2. The first-order valence-electron chi connectivity index (χ1n) is 8.12. The molecule has 1 unspecified atom stereocenters. The minimum Gasteiger partial charge on any atom is -0.349 e. The molecule has 1 aliphatic rings. The number of aromatic amines is 1. The van der Waals surface area contributed by atoms with Crippen LogP contribution in [0.5, 0.6) is 0 Å². The molecule has 1 amide bonds. The number of carbonyl (C=O) groups excluding carboxylic acids is 1.